The number of nitrogen functional groups attached to an aromatic ring is 1. The van der Waals surface area contributed by atoms with Crippen molar-refractivity contribution in [2.75, 3.05) is 36.7 Å². The van der Waals surface area contributed by atoms with Crippen LogP contribution in [0.3, 0.4) is 0 Å². The number of aromatic nitrogens is 2. The summed E-state index contributed by atoms with van der Waals surface area (Å²) in [5, 5.41) is 0. The second-order valence-electron chi connectivity index (χ2n) is 6.87. The smallest absolute Gasteiger partial charge is 0.330 e. The monoisotopic (exact) mass is 393 g/mol. The molecule has 1 amide bonds. The van der Waals surface area contributed by atoms with Crippen molar-refractivity contribution in [1.29, 1.82) is 0 Å². The zero-order valence-electron chi connectivity index (χ0n) is 16.5. The van der Waals surface area contributed by atoms with Gasteiger partial charge in [-0.05, 0) is 23.8 Å². The lowest BCUT2D eigenvalue weighted by molar-refractivity contribution is 0.0992. The van der Waals surface area contributed by atoms with Gasteiger partial charge in [-0.25, -0.2) is 4.79 Å². The molecule has 0 saturated heterocycles. The number of anilines is 3. The van der Waals surface area contributed by atoms with Gasteiger partial charge >= 0.3 is 5.69 Å². The van der Waals surface area contributed by atoms with E-state index in [9.17, 15) is 14.4 Å². The molecular weight excluding hydrogens is 370 g/mol. The topological polar surface area (TPSA) is 104 Å². The fraction of sp³-hybridized carbons (Fsp3) is 0.190. The molecule has 0 saturated carbocycles. The fourth-order valence-corrected chi connectivity index (χ4v) is 3.04. The molecule has 0 aliphatic heterocycles. The zero-order chi connectivity index (χ0) is 21.1. The van der Waals surface area contributed by atoms with Crippen LogP contribution in [0, 0.1) is 0 Å². The molecule has 0 unspecified atom stereocenters. The Morgan fingerprint density at radius 2 is 1.72 bits per heavy atom. The lowest BCUT2D eigenvalue weighted by Gasteiger charge is -2.21. The summed E-state index contributed by atoms with van der Waals surface area (Å²) < 4.78 is 1.24. The minimum Gasteiger partial charge on any atom is -0.383 e. The molecular formula is C21H23N5O3. The number of nitrogens with one attached hydrogen (secondary N) is 1. The largest absolute Gasteiger partial charge is 0.383 e. The van der Waals surface area contributed by atoms with Gasteiger partial charge in [0.05, 0.1) is 6.54 Å². The first-order valence-electron chi connectivity index (χ1n) is 9.01. The van der Waals surface area contributed by atoms with Gasteiger partial charge in [-0.1, -0.05) is 36.4 Å². The number of nitrogens with two attached hydrogens (primary N) is 1. The van der Waals surface area contributed by atoms with E-state index in [1.165, 1.54) is 16.5 Å². The number of benzene rings is 2. The lowest BCUT2D eigenvalue weighted by atomic mass is 10.1. The molecule has 3 N–H and O–H groups in total. The number of H-pyrrole nitrogens is 1. The number of carbonyl (C=O) groups excluding carboxylic acids is 1. The van der Waals surface area contributed by atoms with Crippen LogP contribution in [-0.4, -0.2) is 36.6 Å². The van der Waals surface area contributed by atoms with Crippen molar-refractivity contribution in [3.8, 4) is 0 Å². The second kappa shape index (κ2) is 8.05. The molecule has 1 aromatic heterocycles. The molecule has 0 bridgehead atoms. The second-order valence-corrected chi connectivity index (χ2v) is 6.87. The minimum absolute atomic E-state index is 0.0674. The van der Waals surface area contributed by atoms with Crippen LogP contribution in [0.2, 0.25) is 0 Å². The van der Waals surface area contributed by atoms with Crippen LogP contribution in [0.5, 0.6) is 0 Å². The maximum atomic E-state index is 13.0. The Hall–Kier alpha value is -3.81. The van der Waals surface area contributed by atoms with E-state index in [0.29, 0.717) is 5.56 Å². The van der Waals surface area contributed by atoms with Gasteiger partial charge in [-0.2, -0.15) is 0 Å². The van der Waals surface area contributed by atoms with Crippen LogP contribution in [0.15, 0.2) is 64.2 Å². The number of nitrogens with zero attached hydrogens (tertiary/aromatic N) is 3. The van der Waals surface area contributed by atoms with E-state index in [-0.39, 0.29) is 18.1 Å². The van der Waals surface area contributed by atoms with E-state index in [1.807, 2.05) is 55.4 Å². The third-order valence-electron chi connectivity index (χ3n) is 4.65. The molecule has 0 atom stereocenters. The Morgan fingerprint density at radius 3 is 2.38 bits per heavy atom. The van der Waals surface area contributed by atoms with Crippen LogP contribution < -0.4 is 26.8 Å². The molecule has 2 aromatic carbocycles. The van der Waals surface area contributed by atoms with E-state index in [4.69, 9.17) is 5.73 Å². The maximum Gasteiger partial charge on any atom is 0.330 e. The highest BCUT2D eigenvalue weighted by Gasteiger charge is 2.22. The Kier molecular flexibility index (Phi) is 5.54. The van der Waals surface area contributed by atoms with Gasteiger partial charge in [0.1, 0.15) is 5.82 Å². The predicted molar refractivity (Wildman–Crippen MR) is 115 cm³/mol. The van der Waals surface area contributed by atoms with E-state index in [0.717, 1.165) is 11.3 Å². The summed E-state index contributed by atoms with van der Waals surface area (Å²) in [6.07, 6.45) is 0. The van der Waals surface area contributed by atoms with Crippen LogP contribution >= 0.6 is 0 Å². The van der Waals surface area contributed by atoms with E-state index in [2.05, 4.69) is 4.98 Å². The number of hydrogen-bond acceptors (Lipinski definition) is 5. The molecule has 1 heterocycles. The highest BCUT2D eigenvalue weighted by molar-refractivity contribution is 6.07. The number of aromatic amines is 1. The summed E-state index contributed by atoms with van der Waals surface area (Å²) >= 11 is 0. The molecule has 3 aromatic rings. The van der Waals surface area contributed by atoms with Gasteiger partial charge in [0, 0.05) is 32.4 Å². The highest BCUT2D eigenvalue weighted by atomic mass is 16.2. The summed E-state index contributed by atoms with van der Waals surface area (Å²) in [4.78, 5) is 43.1. The first-order valence-corrected chi connectivity index (χ1v) is 9.01. The Balaban J connectivity index is 2.02. The van der Waals surface area contributed by atoms with Crippen LogP contribution in [0.1, 0.15) is 15.9 Å². The molecule has 0 radical (unpaired) electrons. The van der Waals surface area contributed by atoms with E-state index >= 15 is 0 Å². The normalized spacial score (nSPS) is 10.6. The van der Waals surface area contributed by atoms with Gasteiger partial charge in [0.15, 0.2) is 5.69 Å². The molecule has 3 rings (SSSR count). The van der Waals surface area contributed by atoms with Gasteiger partial charge in [-0.15, -0.1) is 0 Å². The summed E-state index contributed by atoms with van der Waals surface area (Å²) in [6.45, 7) is 0.174. The lowest BCUT2D eigenvalue weighted by Crippen LogP contribution is -2.39. The third kappa shape index (κ3) is 4.06. The molecule has 8 nitrogen and oxygen atoms in total. The van der Waals surface area contributed by atoms with Crippen molar-refractivity contribution in [3.63, 3.8) is 0 Å². The highest BCUT2D eigenvalue weighted by Crippen LogP contribution is 2.20. The predicted octanol–water partition coefficient (Wildman–Crippen LogP) is 1.51. The molecule has 0 spiro atoms. The minimum atomic E-state index is -0.712. The summed E-state index contributed by atoms with van der Waals surface area (Å²) in [5.41, 5.74) is 6.85. The Morgan fingerprint density at radius 1 is 1.03 bits per heavy atom. The van der Waals surface area contributed by atoms with Crippen molar-refractivity contribution >= 4 is 23.1 Å². The molecule has 0 fully saturated rings. The number of amides is 1. The van der Waals surface area contributed by atoms with Crippen molar-refractivity contribution in [2.45, 2.75) is 6.54 Å². The fourth-order valence-electron chi connectivity index (χ4n) is 3.04. The van der Waals surface area contributed by atoms with Crippen LogP contribution in [0.25, 0.3) is 0 Å². The average molecular weight is 393 g/mol. The molecule has 0 aliphatic rings. The van der Waals surface area contributed by atoms with Crippen molar-refractivity contribution in [3.05, 3.63) is 86.6 Å². The van der Waals surface area contributed by atoms with Crippen LogP contribution in [-0.2, 0) is 6.54 Å². The molecule has 0 aliphatic carbocycles. The molecule has 150 valence electrons. The zero-order valence-corrected chi connectivity index (χ0v) is 16.5. The number of hydrogen-bond donors (Lipinski definition) is 2. The van der Waals surface area contributed by atoms with Crippen molar-refractivity contribution < 1.29 is 4.79 Å². The Bertz CT molecular complexity index is 1150. The standard InChI is InChI=1S/C21H23N5O3/c1-24(2)16-11-7-10-15(12-16)20(28)25(3)17-18(22)26(21(29)23-19(17)27)13-14-8-5-4-6-9-14/h4-12H,13,22H2,1-3H3,(H,23,27,29). The van der Waals surface area contributed by atoms with Crippen molar-refractivity contribution in [1.82, 2.24) is 9.55 Å². The van der Waals surface area contributed by atoms with Gasteiger partial charge < -0.3 is 15.5 Å². The summed E-state index contributed by atoms with van der Waals surface area (Å²) in [5.74, 6) is -0.474. The van der Waals surface area contributed by atoms with Crippen molar-refractivity contribution in [2.24, 2.45) is 0 Å². The maximum absolute atomic E-state index is 13.0. The van der Waals surface area contributed by atoms with Gasteiger partial charge in [0.2, 0.25) is 0 Å². The quantitative estimate of drug-likeness (QED) is 0.684. The Labute approximate surface area is 167 Å². The first kappa shape index (κ1) is 19.9. The van der Waals surface area contributed by atoms with Gasteiger partial charge in [0.25, 0.3) is 11.5 Å². The SMILES string of the molecule is CN(C)c1cccc(C(=O)N(C)c2c(N)n(Cc3ccccc3)c(=O)[nH]c2=O)c1. The number of rotatable bonds is 5. The first-order chi connectivity index (χ1) is 13.8. The summed E-state index contributed by atoms with van der Waals surface area (Å²) in [7, 11) is 5.20. The molecule has 29 heavy (non-hydrogen) atoms. The third-order valence-corrected chi connectivity index (χ3v) is 4.65. The van der Waals surface area contributed by atoms with E-state index in [1.54, 1.807) is 18.2 Å². The number of carbonyl (C=O) groups is 1. The summed E-state index contributed by atoms with van der Waals surface area (Å²) in [6, 6.07) is 16.3. The van der Waals surface area contributed by atoms with E-state index < -0.39 is 17.2 Å². The van der Waals surface area contributed by atoms with Crippen LogP contribution in [0.4, 0.5) is 17.2 Å². The van der Waals surface area contributed by atoms with Gasteiger partial charge in [-0.3, -0.25) is 19.1 Å². The molecule has 8 heteroatoms. The average Bonchev–Trinajstić information content (AvgIpc) is 2.71.